The first-order valence-electron chi connectivity index (χ1n) is 8.64. The number of benzene rings is 1. The van der Waals surface area contributed by atoms with E-state index in [1.54, 1.807) is 18.5 Å². The van der Waals surface area contributed by atoms with Crippen LogP contribution in [0, 0.1) is 0 Å². The van der Waals surface area contributed by atoms with Crippen LogP contribution in [-0.2, 0) is 4.74 Å². The summed E-state index contributed by atoms with van der Waals surface area (Å²) in [7, 11) is 0. The van der Waals surface area contributed by atoms with Gasteiger partial charge in [0.05, 0.1) is 18.9 Å². The maximum absolute atomic E-state index is 11.0. The van der Waals surface area contributed by atoms with Gasteiger partial charge >= 0.3 is 5.97 Å². The molecule has 27 heavy (non-hydrogen) atoms. The fraction of sp³-hybridized carbons (Fsp3) is 0.211. The van der Waals surface area contributed by atoms with Crippen LogP contribution < -0.4 is 10.2 Å². The zero-order valence-corrected chi connectivity index (χ0v) is 14.6. The highest BCUT2D eigenvalue weighted by molar-refractivity contribution is 5.85. The Morgan fingerprint density at radius 3 is 2.56 bits per heavy atom. The summed E-state index contributed by atoms with van der Waals surface area (Å²) in [5.41, 5.74) is 2.82. The largest absolute Gasteiger partial charge is 0.476 e. The third-order valence-corrected chi connectivity index (χ3v) is 4.33. The average Bonchev–Trinajstić information content (AvgIpc) is 3.20. The molecule has 0 amide bonds. The van der Waals surface area contributed by atoms with E-state index in [1.165, 1.54) is 16.4 Å². The second-order valence-electron chi connectivity index (χ2n) is 6.12. The number of carbonyl (C=O) groups is 1. The van der Waals surface area contributed by atoms with Gasteiger partial charge in [0, 0.05) is 42.9 Å². The van der Waals surface area contributed by atoms with Crippen LogP contribution in [0.1, 0.15) is 10.5 Å². The topological polar surface area (TPSA) is 92.5 Å². The predicted molar refractivity (Wildman–Crippen MR) is 101 cm³/mol. The lowest BCUT2D eigenvalue weighted by Gasteiger charge is -2.28. The molecule has 1 fully saturated rings. The first-order valence-corrected chi connectivity index (χ1v) is 8.64. The summed E-state index contributed by atoms with van der Waals surface area (Å²) in [4.78, 5) is 17.6. The van der Waals surface area contributed by atoms with Gasteiger partial charge in [-0.3, -0.25) is 0 Å². The smallest absolute Gasteiger partial charge is 0.356 e. The number of rotatable bonds is 5. The summed E-state index contributed by atoms with van der Waals surface area (Å²) in [6, 6.07) is 13.2. The molecule has 8 nitrogen and oxygen atoms in total. The van der Waals surface area contributed by atoms with Gasteiger partial charge in [0.1, 0.15) is 5.82 Å². The normalized spacial score (nSPS) is 14.1. The number of aromatic carboxylic acids is 1. The van der Waals surface area contributed by atoms with Crippen molar-refractivity contribution in [2.45, 2.75) is 0 Å². The molecule has 138 valence electrons. The summed E-state index contributed by atoms with van der Waals surface area (Å²) in [5.74, 6) is -0.402. The maximum atomic E-state index is 11.0. The van der Waals surface area contributed by atoms with Crippen molar-refractivity contribution in [3.8, 4) is 5.69 Å². The monoisotopic (exact) mass is 365 g/mol. The molecule has 2 N–H and O–H groups in total. The van der Waals surface area contributed by atoms with E-state index in [0.717, 1.165) is 37.7 Å². The summed E-state index contributed by atoms with van der Waals surface area (Å²) >= 11 is 0. The van der Waals surface area contributed by atoms with Gasteiger partial charge < -0.3 is 20.1 Å². The van der Waals surface area contributed by atoms with Gasteiger partial charge in [-0.1, -0.05) is 0 Å². The van der Waals surface area contributed by atoms with Gasteiger partial charge in [-0.05, 0) is 36.4 Å². The van der Waals surface area contributed by atoms with E-state index in [-0.39, 0.29) is 5.69 Å². The molecule has 0 aliphatic carbocycles. The average molecular weight is 365 g/mol. The molecule has 3 heterocycles. The van der Waals surface area contributed by atoms with Crippen LogP contribution in [0.2, 0.25) is 0 Å². The quantitative estimate of drug-likeness (QED) is 0.718. The molecule has 0 atom stereocenters. The van der Waals surface area contributed by atoms with Crippen molar-refractivity contribution in [3.05, 3.63) is 60.6 Å². The number of pyridine rings is 1. The number of anilines is 3. The van der Waals surface area contributed by atoms with Crippen LogP contribution in [-0.4, -0.2) is 52.1 Å². The van der Waals surface area contributed by atoms with E-state index in [9.17, 15) is 4.79 Å². The zero-order valence-electron chi connectivity index (χ0n) is 14.6. The SMILES string of the molecule is O=C(O)c1ccn(-c2ccnc(Nc3ccc(N4CCOCC4)cc3)c2)n1. The molecule has 8 heteroatoms. The second kappa shape index (κ2) is 7.46. The third kappa shape index (κ3) is 3.90. The number of nitrogens with one attached hydrogen (secondary N) is 1. The van der Waals surface area contributed by atoms with E-state index in [0.29, 0.717) is 5.82 Å². The minimum Gasteiger partial charge on any atom is -0.476 e. The van der Waals surface area contributed by atoms with Gasteiger partial charge in [-0.15, -0.1) is 0 Å². The Labute approximate surface area is 156 Å². The third-order valence-electron chi connectivity index (χ3n) is 4.33. The van der Waals surface area contributed by atoms with E-state index in [1.807, 2.05) is 18.2 Å². The van der Waals surface area contributed by atoms with Crippen molar-refractivity contribution in [3.63, 3.8) is 0 Å². The van der Waals surface area contributed by atoms with Crippen molar-refractivity contribution in [2.24, 2.45) is 0 Å². The minimum absolute atomic E-state index is 0.0000212. The molecule has 1 aliphatic heterocycles. The van der Waals surface area contributed by atoms with Crippen LogP contribution >= 0.6 is 0 Å². The Balaban J connectivity index is 1.48. The van der Waals surface area contributed by atoms with Crippen LogP contribution in [0.5, 0.6) is 0 Å². The summed E-state index contributed by atoms with van der Waals surface area (Å²) in [6.45, 7) is 3.32. The first-order chi connectivity index (χ1) is 13.2. The number of carboxylic acids is 1. The number of ether oxygens (including phenoxy) is 1. The molecule has 2 aromatic heterocycles. The molecule has 4 rings (SSSR count). The lowest BCUT2D eigenvalue weighted by molar-refractivity contribution is 0.0690. The number of hydrogen-bond acceptors (Lipinski definition) is 6. The Kier molecular flexibility index (Phi) is 4.71. The fourth-order valence-electron chi connectivity index (χ4n) is 2.94. The molecule has 0 saturated carbocycles. The molecule has 1 aromatic carbocycles. The summed E-state index contributed by atoms with van der Waals surface area (Å²) in [6.07, 6.45) is 3.27. The van der Waals surface area contributed by atoms with Crippen molar-refractivity contribution < 1.29 is 14.6 Å². The highest BCUT2D eigenvalue weighted by atomic mass is 16.5. The second-order valence-corrected chi connectivity index (χ2v) is 6.12. The lowest BCUT2D eigenvalue weighted by Crippen LogP contribution is -2.36. The molecule has 3 aromatic rings. The number of morpholine rings is 1. The summed E-state index contributed by atoms with van der Waals surface area (Å²) < 4.78 is 6.90. The van der Waals surface area contributed by atoms with E-state index < -0.39 is 5.97 Å². The molecule has 0 radical (unpaired) electrons. The summed E-state index contributed by atoms with van der Waals surface area (Å²) in [5, 5.41) is 16.3. The molecular formula is C19H19N5O3. The minimum atomic E-state index is -1.05. The van der Waals surface area contributed by atoms with Gasteiger partial charge in [-0.2, -0.15) is 5.10 Å². The Morgan fingerprint density at radius 1 is 1.07 bits per heavy atom. The van der Waals surface area contributed by atoms with Crippen LogP contribution in [0.3, 0.4) is 0 Å². The highest BCUT2D eigenvalue weighted by Gasteiger charge is 2.11. The zero-order chi connectivity index (χ0) is 18.6. The van der Waals surface area contributed by atoms with Crippen molar-refractivity contribution in [1.29, 1.82) is 0 Å². The molecular weight excluding hydrogens is 346 g/mol. The molecule has 0 bridgehead atoms. The van der Waals surface area contributed by atoms with Crippen LogP contribution in [0.25, 0.3) is 5.69 Å². The van der Waals surface area contributed by atoms with E-state index >= 15 is 0 Å². The fourth-order valence-corrected chi connectivity index (χ4v) is 2.94. The Bertz CT molecular complexity index is 933. The van der Waals surface area contributed by atoms with Gasteiger partial charge in [0.25, 0.3) is 0 Å². The van der Waals surface area contributed by atoms with Gasteiger partial charge in [0.2, 0.25) is 0 Å². The number of nitrogens with zero attached hydrogens (tertiary/aromatic N) is 4. The first kappa shape index (κ1) is 17.0. The lowest BCUT2D eigenvalue weighted by atomic mass is 10.2. The van der Waals surface area contributed by atoms with Crippen molar-refractivity contribution >= 4 is 23.2 Å². The number of hydrogen-bond donors (Lipinski definition) is 2. The van der Waals surface area contributed by atoms with Gasteiger partial charge in [-0.25, -0.2) is 14.5 Å². The number of aromatic nitrogens is 3. The highest BCUT2D eigenvalue weighted by Crippen LogP contribution is 2.22. The standard InChI is InChI=1S/C19H19N5O3/c25-19(26)17-6-8-24(22-17)16-5-7-20-18(13-16)21-14-1-3-15(4-2-14)23-9-11-27-12-10-23/h1-8,13H,9-12H2,(H,20,21)(H,25,26). The van der Waals surface area contributed by atoms with Crippen molar-refractivity contribution in [1.82, 2.24) is 14.8 Å². The Hall–Kier alpha value is -3.39. The predicted octanol–water partition coefficient (Wildman–Crippen LogP) is 2.55. The van der Waals surface area contributed by atoms with E-state index in [2.05, 4.69) is 32.4 Å². The Morgan fingerprint density at radius 2 is 1.85 bits per heavy atom. The molecule has 0 unspecified atom stereocenters. The number of carboxylic acid groups (broad SMARTS) is 1. The van der Waals surface area contributed by atoms with E-state index in [4.69, 9.17) is 9.84 Å². The molecule has 0 spiro atoms. The van der Waals surface area contributed by atoms with Crippen LogP contribution in [0.4, 0.5) is 17.2 Å². The van der Waals surface area contributed by atoms with Crippen molar-refractivity contribution in [2.75, 3.05) is 36.5 Å². The van der Waals surface area contributed by atoms with Crippen LogP contribution in [0.15, 0.2) is 54.9 Å². The van der Waals surface area contributed by atoms with Gasteiger partial charge in [0.15, 0.2) is 5.69 Å². The maximum Gasteiger partial charge on any atom is 0.356 e. The molecule has 1 saturated heterocycles. The molecule has 1 aliphatic rings.